The van der Waals surface area contributed by atoms with E-state index in [1.54, 1.807) is 0 Å². The molecule has 13 nitrogen and oxygen atoms in total. The van der Waals surface area contributed by atoms with Crippen LogP contribution in [0.4, 0.5) is 4.39 Å². The van der Waals surface area contributed by atoms with Gasteiger partial charge in [0.15, 0.2) is 12.5 Å². The number of alkyl halides is 1. The molecule has 2 fully saturated rings. The third-order valence-corrected chi connectivity index (χ3v) is 4.90. The third kappa shape index (κ3) is 4.83. The Morgan fingerprint density at radius 1 is 1.14 bits per heavy atom. The van der Waals surface area contributed by atoms with Crippen LogP contribution in [-0.2, 0) is 19.0 Å². The van der Waals surface area contributed by atoms with Gasteiger partial charge in [-0.2, -0.15) is 0 Å². The standard InChI is InChI=1S/C15H25FO13/c16-7-4(18)1-15(14(25)26,29-12(7)8(20)5(19)2-17)27-3-6-9(21)10(22)11(23)13(24)28-6/h4-13,17-24H,1-3H2,(H,25,26)/t4-,5+,6+,7+,8+,9-,10-,11+,12+,13+,15+/m0/s1. The van der Waals surface area contributed by atoms with E-state index in [4.69, 9.17) is 19.3 Å². The number of carboxylic acids is 1. The van der Waals surface area contributed by atoms with E-state index in [0.717, 1.165) is 0 Å². The third-order valence-electron chi connectivity index (χ3n) is 4.90. The average molecular weight is 432 g/mol. The Kier molecular flexibility index (Phi) is 7.86. The monoisotopic (exact) mass is 432 g/mol. The molecule has 2 saturated heterocycles. The fourth-order valence-corrected chi connectivity index (χ4v) is 3.10. The number of aliphatic carboxylic acids is 1. The number of hydrogen-bond donors (Lipinski definition) is 9. The van der Waals surface area contributed by atoms with Gasteiger partial charge in [0.05, 0.1) is 19.3 Å². The van der Waals surface area contributed by atoms with Crippen LogP contribution in [0, 0.1) is 0 Å². The zero-order chi connectivity index (χ0) is 22.1. The molecule has 0 aliphatic carbocycles. The van der Waals surface area contributed by atoms with Gasteiger partial charge in [-0.3, -0.25) is 0 Å². The zero-order valence-corrected chi connectivity index (χ0v) is 14.9. The van der Waals surface area contributed by atoms with Crippen molar-refractivity contribution < 1.29 is 69.4 Å². The SMILES string of the molecule is O=C(O)[C@@]1(OC[C@H]2O[C@@H](O)[C@H](O)[C@@H](O)[C@H]2O)C[C@H](O)[C@@H](F)[C@H]([C@H](O)[C@H](O)CO)O1. The largest absolute Gasteiger partial charge is 0.477 e. The van der Waals surface area contributed by atoms with E-state index in [-0.39, 0.29) is 0 Å². The van der Waals surface area contributed by atoms with Crippen LogP contribution in [0.5, 0.6) is 0 Å². The number of carboxylic acid groups (broad SMARTS) is 1. The molecule has 2 aliphatic rings. The Balaban J connectivity index is 2.19. The molecule has 0 bridgehead atoms. The van der Waals surface area contributed by atoms with Crippen molar-refractivity contribution in [2.24, 2.45) is 0 Å². The van der Waals surface area contributed by atoms with E-state index in [2.05, 4.69) is 0 Å². The van der Waals surface area contributed by atoms with E-state index < -0.39 is 92.7 Å². The Bertz CT molecular complexity index is 566. The van der Waals surface area contributed by atoms with Gasteiger partial charge in [-0.05, 0) is 0 Å². The minimum absolute atomic E-state index is 0.858. The van der Waals surface area contributed by atoms with Crippen LogP contribution < -0.4 is 0 Å². The van der Waals surface area contributed by atoms with Crippen LogP contribution in [0.15, 0.2) is 0 Å². The maximum atomic E-state index is 14.3. The fraction of sp³-hybridized carbons (Fsp3) is 0.933. The van der Waals surface area contributed by atoms with E-state index in [1.165, 1.54) is 0 Å². The van der Waals surface area contributed by atoms with Gasteiger partial charge in [0.2, 0.25) is 0 Å². The first kappa shape index (κ1) is 24.2. The maximum Gasteiger partial charge on any atom is 0.364 e. The summed E-state index contributed by atoms with van der Waals surface area (Å²) in [7, 11) is 0. The molecule has 0 unspecified atom stereocenters. The lowest BCUT2D eigenvalue weighted by molar-refractivity contribution is -0.339. The highest BCUT2D eigenvalue weighted by atomic mass is 19.1. The van der Waals surface area contributed by atoms with Crippen LogP contribution in [-0.4, -0.2) is 132 Å². The van der Waals surface area contributed by atoms with Crippen molar-refractivity contribution in [2.75, 3.05) is 13.2 Å². The van der Waals surface area contributed by atoms with Gasteiger partial charge in [-0.15, -0.1) is 0 Å². The Labute approximate surface area is 163 Å². The summed E-state index contributed by atoms with van der Waals surface area (Å²) >= 11 is 0. The van der Waals surface area contributed by atoms with Crippen molar-refractivity contribution in [2.45, 2.75) is 73.5 Å². The molecular weight excluding hydrogens is 407 g/mol. The molecular formula is C15H25FO13. The van der Waals surface area contributed by atoms with Gasteiger partial charge in [0, 0.05) is 6.42 Å². The minimum Gasteiger partial charge on any atom is -0.477 e. The smallest absolute Gasteiger partial charge is 0.364 e. The van der Waals surface area contributed by atoms with Crippen molar-refractivity contribution in [3.8, 4) is 0 Å². The molecule has 0 aromatic heterocycles. The zero-order valence-electron chi connectivity index (χ0n) is 14.9. The van der Waals surface area contributed by atoms with Crippen molar-refractivity contribution in [1.29, 1.82) is 0 Å². The number of aliphatic hydroxyl groups excluding tert-OH is 8. The van der Waals surface area contributed by atoms with Gasteiger partial charge in [0.25, 0.3) is 5.79 Å². The molecule has 170 valence electrons. The van der Waals surface area contributed by atoms with Gasteiger partial charge in [0.1, 0.15) is 42.7 Å². The predicted molar refractivity (Wildman–Crippen MR) is 84.7 cm³/mol. The fourth-order valence-electron chi connectivity index (χ4n) is 3.10. The quantitative estimate of drug-likeness (QED) is 0.183. The van der Waals surface area contributed by atoms with Crippen molar-refractivity contribution in [3.63, 3.8) is 0 Å². The van der Waals surface area contributed by atoms with Crippen LogP contribution in [0.3, 0.4) is 0 Å². The molecule has 11 atom stereocenters. The molecule has 0 amide bonds. The molecule has 29 heavy (non-hydrogen) atoms. The molecule has 2 heterocycles. The molecule has 14 heteroatoms. The molecule has 0 aromatic carbocycles. The number of hydrogen-bond acceptors (Lipinski definition) is 12. The predicted octanol–water partition coefficient (Wildman–Crippen LogP) is -5.21. The summed E-state index contributed by atoms with van der Waals surface area (Å²) in [6.07, 6.45) is -20.4. The Morgan fingerprint density at radius 2 is 1.76 bits per heavy atom. The van der Waals surface area contributed by atoms with Crippen molar-refractivity contribution in [1.82, 2.24) is 0 Å². The van der Waals surface area contributed by atoms with Crippen molar-refractivity contribution >= 4 is 5.97 Å². The van der Waals surface area contributed by atoms with E-state index in [0.29, 0.717) is 0 Å². The topological polar surface area (TPSA) is 227 Å². The first-order valence-corrected chi connectivity index (χ1v) is 8.67. The van der Waals surface area contributed by atoms with Crippen LogP contribution in [0.25, 0.3) is 0 Å². The average Bonchev–Trinajstić information content (AvgIpc) is 2.69. The van der Waals surface area contributed by atoms with E-state index in [1.807, 2.05) is 0 Å². The second kappa shape index (κ2) is 9.40. The number of carbonyl (C=O) groups is 1. The summed E-state index contributed by atoms with van der Waals surface area (Å²) < 4.78 is 29.2. The molecule has 2 aliphatic heterocycles. The molecule has 0 aromatic rings. The second-order valence-corrected chi connectivity index (χ2v) is 6.94. The molecule has 9 N–H and O–H groups in total. The summed E-state index contributed by atoms with van der Waals surface area (Å²) in [5.41, 5.74) is 0. The molecule has 2 rings (SSSR count). The summed E-state index contributed by atoms with van der Waals surface area (Å²) in [5.74, 6) is -4.62. The molecule has 0 radical (unpaired) electrons. The van der Waals surface area contributed by atoms with Gasteiger partial charge in [-0.25, -0.2) is 9.18 Å². The summed E-state index contributed by atoms with van der Waals surface area (Å²) in [4.78, 5) is 11.8. The number of ether oxygens (including phenoxy) is 3. The first-order valence-electron chi connectivity index (χ1n) is 8.67. The van der Waals surface area contributed by atoms with E-state index in [9.17, 15) is 50.0 Å². The lowest BCUT2D eigenvalue weighted by Crippen LogP contribution is -2.64. The summed E-state index contributed by atoms with van der Waals surface area (Å²) in [5, 5.41) is 86.2. The highest BCUT2D eigenvalue weighted by Crippen LogP contribution is 2.35. The van der Waals surface area contributed by atoms with Gasteiger partial charge in [-0.1, -0.05) is 0 Å². The number of halogens is 1. The lowest BCUT2D eigenvalue weighted by atomic mass is 9.91. The molecule has 0 saturated carbocycles. The normalized spacial score (nSPS) is 45.6. The lowest BCUT2D eigenvalue weighted by Gasteiger charge is -2.45. The minimum atomic E-state index is -2.77. The van der Waals surface area contributed by atoms with Crippen LogP contribution in [0.2, 0.25) is 0 Å². The summed E-state index contributed by atoms with van der Waals surface area (Å²) in [6, 6.07) is 0. The Hall–Kier alpha value is -1.04. The summed E-state index contributed by atoms with van der Waals surface area (Å²) in [6.45, 7) is -1.87. The van der Waals surface area contributed by atoms with Gasteiger partial charge < -0.3 is 60.2 Å². The first-order chi connectivity index (χ1) is 13.4. The maximum absolute atomic E-state index is 14.3. The number of rotatable bonds is 7. The number of aliphatic hydroxyl groups is 8. The van der Waals surface area contributed by atoms with Gasteiger partial charge >= 0.3 is 5.97 Å². The highest BCUT2D eigenvalue weighted by Gasteiger charge is 2.56. The van der Waals surface area contributed by atoms with Crippen molar-refractivity contribution in [3.05, 3.63) is 0 Å². The van der Waals surface area contributed by atoms with Crippen LogP contribution >= 0.6 is 0 Å². The van der Waals surface area contributed by atoms with Crippen LogP contribution in [0.1, 0.15) is 6.42 Å². The highest BCUT2D eigenvalue weighted by molar-refractivity contribution is 5.76. The van der Waals surface area contributed by atoms with E-state index >= 15 is 0 Å². The Morgan fingerprint density at radius 3 is 2.31 bits per heavy atom. The molecule has 0 spiro atoms. The second-order valence-electron chi connectivity index (χ2n) is 6.94.